The van der Waals surface area contributed by atoms with E-state index in [1.807, 2.05) is 31.2 Å². The van der Waals surface area contributed by atoms with Crippen LogP contribution < -0.4 is 4.74 Å². The van der Waals surface area contributed by atoms with Crippen molar-refractivity contribution >= 4 is 5.78 Å². The van der Waals surface area contributed by atoms with Crippen molar-refractivity contribution in [2.75, 3.05) is 14.2 Å². The molecule has 0 amide bonds. The summed E-state index contributed by atoms with van der Waals surface area (Å²) in [6.07, 6.45) is 0.566. The summed E-state index contributed by atoms with van der Waals surface area (Å²) in [5, 5.41) is 0. The zero-order valence-corrected chi connectivity index (χ0v) is 9.82. The highest BCUT2D eigenvalue weighted by atomic mass is 16.5. The van der Waals surface area contributed by atoms with Gasteiger partial charge in [-0.15, -0.1) is 0 Å². The molecule has 16 heavy (non-hydrogen) atoms. The van der Waals surface area contributed by atoms with E-state index in [2.05, 4.69) is 0 Å². The minimum atomic E-state index is -0.644. The summed E-state index contributed by atoms with van der Waals surface area (Å²) >= 11 is 0. The maximum Gasteiger partial charge on any atom is 0.165 e. The highest BCUT2D eigenvalue weighted by Gasteiger charge is 2.52. The molecule has 0 unspecified atom stereocenters. The second-order valence-corrected chi connectivity index (χ2v) is 4.26. The summed E-state index contributed by atoms with van der Waals surface area (Å²) in [7, 11) is 3.23. The monoisotopic (exact) mass is 220 g/mol. The van der Waals surface area contributed by atoms with E-state index in [4.69, 9.17) is 9.47 Å². The summed E-state index contributed by atoms with van der Waals surface area (Å²) in [4.78, 5) is 11.5. The molecule has 0 saturated heterocycles. The van der Waals surface area contributed by atoms with Crippen LogP contribution >= 0.6 is 0 Å². The number of ketones is 1. The smallest absolute Gasteiger partial charge is 0.165 e. The number of Topliss-reactive ketones (excluding diaryl/α,β-unsaturated/α-hetero) is 1. The number of benzene rings is 1. The molecule has 0 bridgehead atoms. The summed E-state index contributed by atoms with van der Waals surface area (Å²) in [5.74, 6) is 1.17. The van der Waals surface area contributed by atoms with E-state index in [1.165, 1.54) is 0 Å². The van der Waals surface area contributed by atoms with Gasteiger partial charge in [-0.25, -0.2) is 0 Å². The van der Waals surface area contributed by atoms with Crippen LogP contribution in [0.5, 0.6) is 5.75 Å². The molecule has 86 valence electrons. The minimum absolute atomic E-state index is 0.163. The Labute approximate surface area is 95.4 Å². The SMILES string of the molecule is COc1ccc([C@H]2CC(=O)[C@]2(C)OC)cc1. The number of ether oxygens (including phenoxy) is 2. The van der Waals surface area contributed by atoms with E-state index in [0.717, 1.165) is 11.3 Å². The van der Waals surface area contributed by atoms with Crippen molar-refractivity contribution in [1.82, 2.24) is 0 Å². The Hall–Kier alpha value is -1.35. The fourth-order valence-corrected chi connectivity index (χ4v) is 2.17. The second kappa shape index (κ2) is 3.91. The third-order valence-corrected chi connectivity index (χ3v) is 3.55. The van der Waals surface area contributed by atoms with Gasteiger partial charge >= 0.3 is 0 Å². The lowest BCUT2D eigenvalue weighted by Crippen LogP contribution is -2.53. The first-order chi connectivity index (χ1) is 7.61. The quantitative estimate of drug-likeness (QED) is 0.783. The fraction of sp³-hybridized carbons (Fsp3) is 0.462. The Morgan fingerprint density at radius 2 is 1.88 bits per heavy atom. The number of hydrogen-bond donors (Lipinski definition) is 0. The topological polar surface area (TPSA) is 35.5 Å². The summed E-state index contributed by atoms with van der Waals surface area (Å²) in [6, 6.07) is 7.81. The van der Waals surface area contributed by atoms with E-state index in [1.54, 1.807) is 14.2 Å². The molecule has 0 radical (unpaired) electrons. The lowest BCUT2D eigenvalue weighted by Gasteiger charge is -2.44. The molecular formula is C13H16O3. The van der Waals surface area contributed by atoms with Crippen molar-refractivity contribution in [3.63, 3.8) is 0 Å². The van der Waals surface area contributed by atoms with Gasteiger partial charge in [0.15, 0.2) is 5.78 Å². The number of carbonyl (C=O) groups is 1. The Morgan fingerprint density at radius 1 is 1.25 bits per heavy atom. The summed E-state index contributed by atoms with van der Waals surface area (Å²) in [5.41, 5.74) is 0.485. The molecule has 0 spiro atoms. The van der Waals surface area contributed by atoms with Crippen LogP contribution in [0.3, 0.4) is 0 Å². The van der Waals surface area contributed by atoms with E-state index < -0.39 is 5.60 Å². The van der Waals surface area contributed by atoms with Crippen molar-refractivity contribution in [3.05, 3.63) is 29.8 Å². The molecule has 0 N–H and O–H groups in total. The molecule has 2 rings (SSSR count). The van der Waals surface area contributed by atoms with Crippen molar-refractivity contribution in [3.8, 4) is 5.75 Å². The van der Waals surface area contributed by atoms with Gasteiger partial charge in [0, 0.05) is 19.4 Å². The zero-order valence-electron chi connectivity index (χ0n) is 9.82. The number of methoxy groups -OCH3 is 2. The highest BCUT2D eigenvalue weighted by molar-refractivity contribution is 5.95. The van der Waals surface area contributed by atoms with Gasteiger partial charge in [-0.3, -0.25) is 4.79 Å². The van der Waals surface area contributed by atoms with Crippen molar-refractivity contribution < 1.29 is 14.3 Å². The first kappa shape index (κ1) is 11.1. The van der Waals surface area contributed by atoms with Crippen LogP contribution in [-0.4, -0.2) is 25.6 Å². The lowest BCUT2D eigenvalue weighted by molar-refractivity contribution is -0.157. The third-order valence-electron chi connectivity index (χ3n) is 3.55. The number of carbonyl (C=O) groups excluding carboxylic acids is 1. The lowest BCUT2D eigenvalue weighted by atomic mass is 9.66. The standard InChI is InChI=1S/C13H16O3/c1-13(16-3)11(8-12(13)14)9-4-6-10(15-2)7-5-9/h4-7,11H,8H2,1-3H3/t11-,13-/m1/s1. The highest BCUT2D eigenvalue weighted by Crippen LogP contribution is 2.45. The van der Waals surface area contributed by atoms with Crippen LogP contribution in [0, 0.1) is 0 Å². The van der Waals surface area contributed by atoms with Crippen molar-refractivity contribution in [2.45, 2.75) is 24.9 Å². The molecule has 2 atom stereocenters. The number of rotatable bonds is 3. The Balaban J connectivity index is 2.22. The first-order valence-electron chi connectivity index (χ1n) is 5.34. The molecule has 1 aliphatic rings. The van der Waals surface area contributed by atoms with Gasteiger partial charge in [-0.1, -0.05) is 12.1 Å². The van der Waals surface area contributed by atoms with Gasteiger partial charge < -0.3 is 9.47 Å². The van der Waals surface area contributed by atoms with Gasteiger partial charge in [0.25, 0.3) is 0 Å². The molecule has 3 nitrogen and oxygen atoms in total. The zero-order chi connectivity index (χ0) is 11.8. The van der Waals surface area contributed by atoms with Gasteiger partial charge in [0.05, 0.1) is 7.11 Å². The van der Waals surface area contributed by atoms with Crippen molar-refractivity contribution in [1.29, 1.82) is 0 Å². The van der Waals surface area contributed by atoms with Crippen LogP contribution in [0.15, 0.2) is 24.3 Å². The molecule has 1 aromatic rings. The maximum atomic E-state index is 11.5. The molecule has 0 heterocycles. The molecule has 1 aromatic carbocycles. The average molecular weight is 220 g/mol. The molecule has 1 aliphatic carbocycles. The van der Waals surface area contributed by atoms with E-state index in [0.29, 0.717) is 6.42 Å². The Bertz CT molecular complexity index is 396. The number of hydrogen-bond acceptors (Lipinski definition) is 3. The minimum Gasteiger partial charge on any atom is -0.497 e. The fourth-order valence-electron chi connectivity index (χ4n) is 2.17. The van der Waals surface area contributed by atoms with E-state index >= 15 is 0 Å². The first-order valence-corrected chi connectivity index (χ1v) is 5.34. The maximum absolute atomic E-state index is 11.5. The van der Waals surface area contributed by atoms with Gasteiger partial charge in [-0.05, 0) is 24.6 Å². The largest absolute Gasteiger partial charge is 0.497 e. The van der Waals surface area contributed by atoms with E-state index in [9.17, 15) is 4.79 Å². The third kappa shape index (κ3) is 1.52. The van der Waals surface area contributed by atoms with Crippen LogP contribution in [0.2, 0.25) is 0 Å². The Morgan fingerprint density at radius 3 is 2.31 bits per heavy atom. The second-order valence-electron chi connectivity index (χ2n) is 4.26. The molecule has 1 fully saturated rings. The predicted molar refractivity (Wildman–Crippen MR) is 60.8 cm³/mol. The molecule has 1 saturated carbocycles. The van der Waals surface area contributed by atoms with Crippen molar-refractivity contribution in [2.24, 2.45) is 0 Å². The van der Waals surface area contributed by atoms with Crippen LogP contribution in [0.4, 0.5) is 0 Å². The van der Waals surface area contributed by atoms with Gasteiger partial charge in [0.2, 0.25) is 0 Å². The van der Waals surface area contributed by atoms with Crippen LogP contribution in [0.1, 0.15) is 24.8 Å². The summed E-state index contributed by atoms with van der Waals surface area (Å²) < 4.78 is 10.4. The van der Waals surface area contributed by atoms with Gasteiger partial charge in [-0.2, -0.15) is 0 Å². The van der Waals surface area contributed by atoms with Gasteiger partial charge in [0.1, 0.15) is 11.4 Å². The summed E-state index contributed by atoms with van der Waals surface area (Å²) in [6.45, 7) is 1.85. The average Bonchev–Trinajstić information content (AvgIpc) is 2.35. The Kier molecular flexibility index (Phi) is 2.72. The predicted octanol–water partition coefficient (Wildman–Crippen LogP) is 2.16. The molecule has 0 aliphatic heterocycles. The normalized spacial score (nSPS) is 28.7. The molecular weight excluding hydrogens is 204 g/mol. The molecule has 0 aromatic heterocycles. The van der Waals surface area contributed by atoms with E-state index in [-0.39, 0.29) is 11.7 Å². The van der Waals surface area contributed by atoms with Crippen LogP contribution in [0.25, 0.3) is 0 Å². The molecule has 3 heteroatoms. The van der Waals surface area contributed by atoms with Crippen LogP contribution in [-0.2, 0) is 9.53 Å².